The summed E-state index contributed by atoms with van der Waals surface area (Å²) >= 11 is 0. The van der Waals surface area contributed by atoms with E-state index in [1.165, 1.54) is 0 Å². The molecule has 0 aliphatic carbocycles. The Hall–Kier alpha value is -1.17. The van der Waals surface area contributed by atoms with Gasteiger partial charge in [0, 0.05) is 18.3 Å². The predicted octanol–water partition coefficient (Wildman–Crippen LogP) is 0.332. The number of hydrogen-bond acceptors (Lipinski definition) is 5. The number of aromatic nitrogens is 1. The molecular weight excluding hydrogens is 220 g/mol. The van der Waals surface area contributed by atoms with Crippen molar-refractivity contribution in [3.8, 4) is 0 Å². The Bertz CT molecular complexity index is 371. The Labute approximate surface area is 101 Å². The fraction of sp³-hybridized carbons (Fsp3) is 0.583. The third kappa shape index (κ3) is 2.57. The molecule has 94 valence electrons. The summed E-state index contributed by atoms with van der Waals surface area (Å²) in [6.07, 6.45) is 1.13. The Balaban J connectivity index is 2.31. The van der Waals surface area contributed by atoms with Gasteiger partial charge >= 0.3 is 0 Å². The number of morpholine rings is 1. The molecule has 1 aliphatic heterocycles. The van der Waals surface area contributed by atoms with Gasteiger partial charge in [0.2, 0.25) is 0 Å². The lowest BCUT2D eigenvalue weighted by Crippen LogP contribution is -2.48. The summed E-state index contributed by atoms with van der Waals surface area (Å²) < 4.78 is 5.33. The van der Waals surface area contributed by atoms with Crippen molar-refractivity contribution in [2.45, 2.75) is 19.1 Å². The highest BCUT2D eigenvalue weighted by molar-refractivity contribution is 5.49. The summed E-state index contributed by atoms with van der Waals surface area (Å²) in [6, 6.07) is 3.58. The minimum Gasteiger partial charge on any atom is -0.394 e. The first-order chi connectivity index (χ1) is 8.24. The number of aliphatic hydroxyl groups excluding tert-OH is 2. The molecule has 0 spiro atoms. The van der Waals surface area contributed by atoms with Gasteiger partial charge in [0.25, 0.3) is 0 Å². The van der Waals surface area contributed by atoms with E-state index in [1.807, 2.05) is 11.0 Å². The van der Waals surface area contributed by atoms with Crippen LogP contribution in [0.15, 0.2) is 18.3 Å². The predicted molar refractivity (Wildman–Crippen MR) is 63.9 cm³/mol. The first-order valence-electron chi connectivity index (χ1n) is 5.82. The molecule has 0 amide bonds. The number of rotatable bonds is 3. The van der Waals surface area contributed by atoms with E-state index in [-0.39, 0.29) is 12.6 Å². The lowest BCUT2D eigenvalue weighted by Gasteiger charge is -2.36. The molecule has 0 saturated carbocycles. The molecule has 2 atom stereocenters. The average Bonchev–Trinajstić information content (AvgIpc) is 2.38. The van der Waals surface area contributed by atoms with Gasteiger partial charge in [-0.05, 0) is 13.0 Å². The van der Waals surface area contributed by atoms with E-state index >= 15 is 0 Å². The second kappa shape index (κ2) is 5.44. The third-order valence-corrected chi connectivity index (χ3v) is 2.98. The van der Waals surface area contributed by atoms with Gasteiger partial charge in [0.1, 0.15) is 5.82 Å². The molecule has 1 aromatic rings. The van der Waals surface area contributed by atoms with Crippen LogP contribution < -0.4 is 4.90 Å². The Morgan fingerprint density at radius 1 is 1.65 bits per heavy atom. The maximum Gasteiger partial charge on any atom is 0.134 e. The van der Waals surface area contributed by atoms with Crippen molar-refractivity contribution in [2.24, 2.45) is 0 Å². The van der Waals surface area contributed by atoms with Crippen LogP contribution >= 0.6 is 0 Å². The first-order valence-corrected chi connectivity index (χ1v) is 5.82. The number of anilines is 1. The topological polar surface area (TPSA) is 65.8 Å². The Kier molecular flexibility index (Phi) is 3.93. The Morgan fingerprint density at radius 3 is 3.18 bits per heavy atom. The zero-order chi connectivity index (χ0) is 12.3. The van der Waals surface area contributed by atoms with E-state index in [2.05, 4.69) is 4.98 Å². The molecule has 1 aliphatic rings. The van der Waals surface area contributed by atoms with E-state index < -0.39 is 6.10 Å². The van der Waals surface area contributed by atoms with E-state index in [9.17, 15) is 10.2 Å². The van der Waals surface area contributed by atoms with Crippen LogP contribution in [-0.4, -0.2) is 47.6 Å². The zero-order valence-electron chi connectivity index (χ0n) is 9.91. The molecule has 2 heterocycles. The van der Waals surface area contributed by atoms with Crippen molar-refractivity contribution >= 4 is 5.82 Å². The Morgan fingerprint density at radius 2 is 2.47 bits per heavy atom. The van der Waals surface area contributed by atoms with Crippen molar-refractivity contribution in [2.75, 3.05) is 31.3 Å². The molecule has 2 N–H and O–H groups in total. The second-order valence-electron chi connectivity index (χ2n) is 4.20. The SMILES string of the molecule is C[C@@H](O)c1cccnc1N1CCOCC1CO. The molecule has 5 heteroatoms. The van der Waals surface area contributed by atoms with Gasteiger partial charge in [0.15, 0.2) is 0 Å². The molecule has 1 fully saturated rings. The normalized spacial score (nSPS) is 22.5. The molecule has 0 bridgehead atoms. The van der Waals surface area contributed by atoms with E-state index in [0.717, 1.165) is 11.4 Å². The van der Waals surface area contributed by atoms with E-state index in [1.54, 1.807) is 19.2 Å². The largest absolute Gasteiger partial charge is 0.394 e. The van der Waals surface area contributed by atoms with E-state index in [0.29, 0.717) is 19.8 Å². The smallest absolute Gasteiger partial charge is 0.134 e. The molecule has 0 aromatic carbocycles. The summed E-state index contributed by atoms with van der Waals surface area (Å²) in [6.45, 7) is 3.53. The summed E-state index contributed by atoms with van der Waals surface area (Å²) in [5, 5.41) is 19.1. The summed E-state index contributed by atoms with van der Waals surface area (Å²) in [7, 11) is 0. The highest BCUT2D eigenvalue weighted by Gasteiger charge is 2.26. The minimum absolute atomic E-state index is 0.0236. The molecule has 5 nitrogen and oxygen atoms in total. The second-order valence-corrected chi connectivity index (χ2v) is 4.20. The van der Waals surface area contributed by atoms with Gasteiger partial charge in [-0.2, -0.15) is 0 Å². The highest BCUT2D eigenvalue weighted by Crippen LogP contribution is 2.26. The quantitative estimate of drug-likeness (QED) is 0.794. The van der Waals surface area contributed by atoms with Gasteiger partial charge in [-0.1, -0.05) is 6.07 Å². The molecule has 1 unspecified atom stereocenters. The van der Waals surface area contributed by atoms with Crippen LogP contribution in [0.25, 0.3) is 0 Å². The molecule has 1 saturated heterocycles. The standard InChI is InChI=1S/C12H18N2O3/c1-9(16)11-3-2-4-13-12(11)14-5-6-17-8-10(14)7-15/h2-4,9-10,15-16H,5-8H2,1H3/t9-,10?/m1/s1. The third-order valence-electron chi connectivity index (χ3n) is 2.98. The lowest BCUT2D eigenvalue weighted by molar-refractivity contribution is 0.0718. The van der Waals surface area contributed by atoms with Crippen LogP contribution in [0.5, 0.6) is 0 Å². The van der Waals surface area contributed by atoms with Crippen LogP contribution in [0.2, 0.25) is 0 Å². The molecule has 2 rings (SSSR count). The van der Waals surface area contributed by atoms with Gasteiger partial charge in [-0.15, -0.1) is 0 Å². The van der Waals surface area contributed by atoms with Crippen LogP contribution in [-0.2, 0) is 4.74 Å². The van der Waals surface area contributed by atoms with Gasteiger partial charge < -0.3 is 19.8 Å². The number of ether oxygens (including phenoxy) is 1. The minimum atomic E-state index is -0.569. The van der Waals surface area contributed by atoms with Gasteiger partial charge in [-0.25, -0.2) is 4.98 Å². The monoisotopic (exact) mass is 238 g/mol. The van der Waals surface area contributed by atoms with Crippen molar-refractivity contribution < 1.29 is 14.9 Å². The fourth-order valence-corrected chi connectivity index (χ4v) is 2.06. The number of hydrogen-bond donors (Lipinski definition) is 2. The van der Waals surface area contributed by atoms with Crippen molar-refractivity contribution in [3.05, 3.63) is 23.9 Å². The molecular formula is C12H18N2O3. The highest BCUT2D eigenvalue weighted by atomic mass is 16.5. The zero-order valence-corrected chi connectivity index (χ0v) is 9.91. The summed E-state index contributed by atoms with van der Waals surface area (Å²) in [4.78, 5) is 6.33. The number of nitrogens with zero attached hydrogens (tertiary/aromatic N) is 2. The summed E-state index contributed by atoms with van der Waals surface area (Å²) in [5.74, 6) is 0.741. The van der Waals surface area contributed by atoms with Crippen LogP contribution in [0.4, 0.5) is 5.82 Å². The maximum absolute atomic E-state index is 9.73. The first kappa shape index (κ1) is 12.3. The van der Waals surface area contributed by atoms with Crippen molar-refractivity contribution in [1.82, 2.24) is 4.98 Å². The van der Waals surface area contributed by atoms with E-state index in [4.69, 9.17) is 4.74 Å². The average molecular weight is 238 g/mol. The van der Waals surface area contributed by atoms with Crippen molar-refractivity contribution in [3.63, 3.8) is 0 Å². The number of aliphatic hydroxyl groups is 2. The van der Waals surface area contributed by atoms with Crippen LogP contribution in [0.3, 0.4) is 0 Å². The van der Waals surface area contributed by atoms with Crippen molar-refractivity contribution in [1.29, 1.82) is 0 Å². The maximum atomic E-state index is 9.73. The molecule has 1 aromatic heterocycles. The molecule has 0 radical (unpaired) electrons. The van der Waals surface area contributed by atoms with Crippen LogP contribution in [0.1, 0.15) is 18.6 Å². The number of pyridine rings is 1. The van der Waals surface area contributed by atoms with Gasteiger partial charge in [-0.3, -0.25) is 0 Å². The van der Waals surface area contributed by atoms with Gasteiger partial charge in [0.05, 0.1) is 32.0 Å². The van der Waals surface area contributed by atoms with Crippen LogP contribution in [0, 0.1) is 0 Å². The molecule has 17 heavy (non-hydrogen) atoms. The fourth-order valence-electron chi connectivity index (χ4n) is 2.06. The lowest BCUT2D eigenvalue weighted by atomic mass is 10.1. The summed E-state index contributed by atoms with van der Waals surface area (Å²) in [5.41, 5.74) is 0.785.